The molecule has 2 aliphatic heterocycles. The molecule has 0 atom stereocenters. The van der Waals surface area contributed by atoms with Gasteiger partial charge in [-0.05, 0) is 36.6 Å². The number of aromatic nitrogens is 2. The lowest BCUT2D eigenvalue weighted by Gasteiger charge is -2.38. The molecule has 0 aliphatic carbocycles. The lowest BCUT2D eigenvalue weighted by atomic mass is 10.1. The third-order valence-corrected chi connectivity index (χ3v) is 7.38. The molecule has 0 bridgehead atoms. The van der Waals surface area contributed by atoms with Gasteiger partial charge in [0.2, 0.25) is 11.6 Å². The van der Waals surface area contributed by atoms with Crippen LogP contribution in [0.4, 0.5) is 23.0 Å². The maximum atomic E-state index is 12.3. The Balaban J connectivity index is 1.29. The molecule has 2 saturated heterocycles. The fourth-order valence-corrected chi connectivity index (χ4v) is 5.18. The lowest BCUT2D eigenvalue weighted by Crippen LogP contribution is -2.48. The SMILES string of the molecule is Cc1cccc(N2CCN(c3ncnc(N4CCN(Cc5ccccc5)CC4)c3[N+](=O)[O-])CC2)c1C. The third kappa shape index (κ3) is 4.97. The van der Waals surface area contributed by atoms with Crippen molar-refractivity contribution in [2.45, 2.75) is 20.4 Å². The topological polar surface area (TPSA) is 81.9 Å². The smallest absolute Gasteiger partial charge is 0.353 e. The predicted molar refractivity (Wildman–Crippen MR) is 143 cm³/mol. The second-order valence-electron chi connectivity index (χ2n) is 9.57. The van der Waals surface area contributed by atoms with Crippen LogP contribution in [0, 0.1) is 24.0 Å². The molecule has 0 amide bonds. The summed E-state index contributed by atoms with van der Waals surface area (Å²) in [4.78, 5) is 29.5. The Morgan fingerprint density at radius 2 is 1.36 bits per heavy atom. The van der Waals surface area contributed by atoms with Crippen LogP contribution < -0.4 is 14.7 Å². The standard InChI is InChI=1S/C27H33N7O2/c1-21-7-6-10-24(22(21)2)31-15-17-33(18-16-31)27-25(34(35)36)26(28-20-29-27)32-13-11-30(12-14-32)19-23-8-4-3-5-9-23/h3-10,20H,11-19H2,1-2H3. The summed E-state index contributed by atoms with van der Waals surface area (Å²) in [7, 11) is 0. The van der Waals surface area contributed by atoms with Gasteiger partial charge in [-0.3, -0.25) is 15.0 Å². The molecule has 1 aromatic heterocycles. The van der Waals surface area contributed by atoms with Gasteiger partial charge in [0.1, 0.15) is 6.33 Å². The van der Waals surface area contributed by atoms with Crippen LogP contribution in [0.5, 0.6) is 0 Å². The van der Waals surface area contributed by atoms with Crippen LogP contribution in [-0.4, -0.2) is 72.1 Å². The summed E-state index contributed by atoms with van der Waals surface area (Å²) in [6, 6.07) is 16.8. The largest absolute Gasteiger partial charge is 0.368 e. The number of anilines is 3. The highest BCUT2D eigenvalue weighted by atomic mass is 16.6. The van der Waals surface area contributed by atoms with E-state index in [9.17, 15) is 10.1 Å². The highest BCUT2D eigenvalue weighted by Gasteiger charge is 2.33. The molecule has 5 rings (SSSR count). The summed E-state index contributed by atoms with van der Waals surface area (Å²) in [5.74, 6) is 0.860. The lowest BCUT2D eigenvalue weighted by molar-refractivity contribution is -0.383. The van der Waals surface area contributed by atoms with Crippen LogP contribution in [0.3, 0.4) is 0 Å². The summed E-state index contributed by atoms with van der Waals surface area (Å²) in [6.45, 7) is 11.2. The van der Waals surface area contributed by atoms with Crippen molar-refractivity contribution in [3.05, 3.63) is 81.7 Å². The first-order valence-corrected chi connectivity index (χ1v) is 12.6. The van der Waals surface area contributed by atoms with Gasteiger partial charge in [-0.25, -0.2) is 9.97 Å². The maximum Gasteiger partial charge on any atom is 0.353 e. The van der Waals surface area contributed by atoms with Gasteiger partial charge in [0.15, 0.2) is 0 Å². The van der Waals surface area contributed by atoms with Gasteiger partial charge in [0.25, 0.3) is 0 Å². The van der Waals surface area contributed by atoms with E-state index < -0.39 is 0 Å². The fraction of sp³-hybridized carbons (Fsp3) is 0.407. The number of nitro groups is 1. The van der Waals surface area contributed by atoms with E-state index in [1.807, 2.05) is 15.9 Å². The second kappa shape index (κ2) is 10.5. The zero-order valence-corrected chi connectivity index (χ0v) is 21.0. The first kappa shape index (κ1) is 24.0. The Hall–Kier alpha value is -3.72. The molecular formula is C27H33N7O2. The van der Waals surface area contributed by atoms with Crippen molar-refractivity contribution in [3.63, 3.8) is 0 Å². The number of hydrogen-bond acceptors (Lipinski definition) is 8. The molecule has 9 heteroatoms. The molecule has 0 unspecified atom stereocenters. The average molecular weight is 488 g/mol. The van der Waals surface area contributed by atoms with Crippen LogP contribution in [0.1, 0.15) is 16.7 Å². The maximum absolute atomic E-state index is 12.3. The van der Waals surface area contributed by atoms with Crippen LogP contribution in [0.25, 0.3) is 0 Å². The predicted octanol–water partition coefficient (Wildman–Crippen LogP) is 3.65. The van der Waals surface area contributed by atoms with E-state index >= 15 is 0 Å². The van der Waals surface area contributed by atoms with E-state index in [0.717, 1.165) is 32.7 Å². The molecule has 3 aromatic rings. The molecule has 0 radical (unpaired) electrons. The monoisotopic (exact) mass is 487 g/mol. The van der Waals surface area contributed by atoms with Gasteiger partial charge in [0, 0.05) is 64.6 Å². The van der Waals surface area contributed by atoms with Crippen molar-refractivity contribution >= 4 is 23.0 Å². The van der Waals surface area contributed by atoms with Crippen molar-refractivity contribution in [2.24, 2.45) is 0 Å². The van der Waals surface area contributed by atoms with Gasteiger partial charge >= 0.3 is 5.69 Å². The summed E-state index contributed by atoms with van der Waals surface area (Å²) < 4.78 is 0. The minimum absolute atomic E-state index is 0.0224. The van der Waals surface area contributed by atoms with Crippen LogP contribution in [0.15, 0.2) is 54.9 Å². The molecule has 2 fully saturated rings. The van der Waals surface area contributed by atoms with Crippen molar-refractivity contribution in [2.75, 3.05) is 67.1 Å². The van der Waals surface area contributed by atoms with E-state index in [4.69, 9.17) is 0 Å². The molecule has 2 aliphatic rings. The molecule has 2 aromatic carbocycles. The average Bonchev–Trinajstić information content (AvgIpc) is 2.91. The van der Waals surface area contributed by atoms with E-state index in [-0.39, 0.29) is 10.6 Å². The Morgan fingerprint density at radius 1 is 0.778 bits per heavy atom. The zero-order valence-electron chi connectivity index (χ0n) is 21.0. The van der Waals surface area contributed by atoms with Crippen molar-refractivity contribution in [1.82, 2.24) is 14.9 Å². The quantitative estimate of drug-likeness (QED) is 0.385. The highest BCUT2D eigenvalue weighted by molar-refractivity contribution is 5.72. The summed E-state index contributed by atoms with van der Waals surface area (Å²) in [6.07, 6.45) is 1.48. The second-order valence-corrected chi connectivity index (χ2v) is 9.57. The molecule has 0 N–H and O–H groups in total. The van der Waals surface area contributed by atoms with E-state index in [1.165, 1.54) is 28.7 Å². The molecule has 3 heterocycles. The molecule has 0 spiro atoms. The van der Waals surface area contributed by atoms with Gasteiger partial charge in [-0.2, -0.15) is 0 Å². The minimum Gasteiger partial charge on any atom is -0.368 e. The highest BCUT2D eigenvalue weighted by Crippen LogP contribution is 2.35. The third-order valence-electron chi connectivity index (χ3n) is 7.38. The van der Waals surface area contributed by atoms with Crippen LogP contribution in [-0.2, 0) is 6.54 Å². The van der Waals surface area contributed by atoms with Crippen molar-refractivity contribution in [3.8, 4) is 0 Å². The Labute approximate surface area is 212 Å². The molecule has 9 nitrogen and oxygen atoms in total. The number of nitrogens with zero attached hydrogens (tertiary/aromatic N) is 7. The first-order chi connectivity index (χ1) is 17.5. The number of aryl methyl sites for hydroxylation is 1. The minimum atomic E-state index is -0.307. The number of rotatable bonds is 6. The summed E-state index contributed by atoms with van der Waals surface area (Å²) >= 11 is 0. The van der Waals surface area contributed by atoms with Gasteiger partial charge in [-0.15, -0.1) is 0 Å². The van der Waals surface area contributed by atoms with Crippen molar-refractivity contribution < 1.29 is 4.92 Å². The molecular weight excluding hydrogens is 454 g/mol. The van der Waals surface area contributed by atoms with Crippen molar-refractivity contribution in [1.29, 1.82) is 0 Å². The van der Waals surface area contributed by atoms with Gasteiger partial charge in [-0.1, -0.05) is 42.5 Å². The Kier molecular flexibility index (Phi) is 6.99. The number of piperazine rings is 2. The van der Waals surface area contributed by atoms with Crippen LogP contribution in [0.2, 0.25) is 0 Å². The van der Waals surface area contributed by atoms with E-state index in [1.54, 1.807) is 0 Å². The van der Waals surface area contributed by atoms with E-state index in [0.29, 0.717) is 37.8 Å². The zero-order chi connectivity index (χ0) is 25.1. The number of benzene rings is 2. The van der Waals surface area contributed by atoms with Crippen LogP contribution >= 0.6 is 0 Å². The van der Waals surface area contributed by atoms with E-state index in [2.05, 4.69) is 76.1 Å². The van der Waals surface area contributed by atoms with Gasteiger partial charge in [0.05, 0.1) is 4.92 Å². The molecule has 188 valence electrons. The Bertz CT molecular complexity index is 1200. The molecule has 36 heavy (non-hydrogen) atoms. The fourth-order valence-electron chi connectivity index (χ4n) is 5.18. The normalized spacial score (nSPS) is 16.9. The molecule has 0 saturated carbocycles. The Morgan fingerprint density at radius 3 is 1.97 bits per heavy atom. The first-order valence-electron chi connectivity index (χ1n) is 12.6. The summed E-state index contributed by atoms with van der Waals surface area (Å²) in [5, 5.41) is 12.3. The number of hydrogen-bond donors (Lipinski definition) is 0. The summed E-state index contributed by atoms with van der Waals surface area (Å²) in [5.41, 5.74) is 5.10. The van der Waals surface area contributed by atoms with Gasteiger partial charge < -0.3 is 14.7 Å².